The van der Waals surface area contributed by atoms with E-state index in [1.54, 1.807) is 24.4 Å². The highest BCUT2D eigenvalue weighted by atomic mass is 16.5. The fourth-order valence-electron chi connectivity index (χ4n) is 0.744. The molecule has 0 amide bonds. The Hall–Kier alpha value is -2.00. The molecule has 1 aromatic rings. The predicted octanol–water partition coefficient (Wildman–Crippen LogP) is 0.965. The van der Waals surface area contributed by atoms with Crippen LogP contribution >= 0.6 is 0 Å². The van der Waals surface area contributed by atoms with E-state index in [2.05, 4.69) is 16.8 Å². The number of nitrogens with zero attached hydrogens (tertiary/aromatic N) is 2. The van der Waals surface area contributed by atoms with Crippen LogP contribution in [0.2, 0.25) is 0 Å². The number of hydrogen-bond acceptors (Lipinski definition) is 3. The zero-order valence-electron chi connectivity index (χ0n) is 6.53. The standard InChI is InChI=1S/C9H6N2O/c1-12-9-8(4-2-6-10)5-3-7-11-9/h3,5,7H,1H3. The number of hydrogen-bond donors (Lipinski definition) is 0. The lowest BCUT2D eigenvalue weighted by molar-refractivity contribution is 0.396. The maximum Gasteiger partial charge on any atom is 0.229 e. The van der Waals surface area contributed by atoms with Crippen molar-refractivity contribution in [3.05, 3.63) is 23.9 Å². The molecular weight excluding hydrogens is 152 g/mol. The molecule has 0 N–H and O–H groups in total. The minimum absolute atomic E-state index is 0.445. The first-order chi connectivity index (χ1) is 5.88. The number of aromatic nitrogens is 1. The van der Waals surface area contributed by atoms with Crippen molar-refractivity contribution < 1.29 is 4.74 Å². The van der Waals surface area contributed by atoms with Gasteiger partial charge in [-0.2, -0.15) is 5.26 Å². The Labute approximate surface area is 70.6 Å². The molecule has 0 bridgehead atoms. The molecule has 0 aliphatic heterocycles. The topological polar surface area (TPSA) is 45.9 Å². The summed E-state index contributed by atoms with van der Waals surface area (Å²) in [6, 6.07) is 5.21. The van der Waals surface area contributed by atoms with Gasteiger partial charge in [0.25, 0.3) is 0 Å². The molecule has 0 aliphatic carbocycles. The summed E-state index contributed by atoms with van der Waals surface area (Å²) in [5, 5.41) is 8.21. The molecule has 58 valence electrons. The fourth-order valence-corrected chi connectivity index (χ4v) is 0.744. The molecule has 0 radical (unpaired) electrons. The summed E-state index contributed by atoms with van der Waals surface area (Å²) >= 11 is 0. The highest BCUT2D eigenvalue weighted by Gasteiger charge is 1.97. The van der Waals surface area contributed by atoms with Crippen molar-refractivity contribution in [1.82, 2.24) is 4.98 Å². The van der Waals surface area contributed by atoms with Gasteiger partial charge in [0.05, 0.1) is 12.7 Å². The summed E-state index contributed by atoms with van der Waals surface area (Å²) in [4.78, 5) is 3.92. The van der Waals surface area contributed by atoms with Crippen LogP contribution in [0.1, 0.15) is 5.56 Å². The van der Waals surface area contributed by atoms with Gasteiger partial charge in [-0.3, -0.25) is 0 Å². The van der Waals surface area contributed by atoms with E-state index >= 15 is 0 Å². The quantitative estimate of drug-likeness (QED) is 0.572. The molecule has 3 nitrogen and oxygen atoms in total. The Morgan fingerprint density at radius 1 is 1.58 bits per heavy atom. The van der Waals surface area contributed by atoms with Crippen LogP contribution in [0.5, 0.6) is 5.88 Å². The smallest absolute Gasteiger partial charge is 0.229 e. The van der Waals surface area contributed by atoms with E-state index in [9.17, 15) is 0 Å². The molecule has 0 aromatic carbocycles. The third-order valence-electron chi connectivity index (χ3n) is 1.22. The van der Waals surface area contributed by atoms with Crippen LogP contribution < -0.4 is 4.74 Å². The van der Waals surface area contributed by atoms with Crippen molar-refractivity contribution in [2.75, 3.05) is 7.11 Å². The molecule has 1 heterocycles. The van der Waals surface area contributed by atoms with Crippen molar-refractivity contribution in [3.8, 4) is 23.8 Å². The van der Waals surface area contributed by atoms with Gasteiger partial charge < -0.3 is 4.74 Å². The summed E-state index contributed by atoms with van der Waals surface area (Å²) in [5.74, 6) is 5.33. The largest absolute Gasteiger partial charge is 0.480 e. The van der Waals surface area contributed by atoms with Gasteiger partial charge in [0.15, 0.2) is 6.07 Å². The number of pyridine rings is 1. The lowest BCUT2D eigenvalue weighted by Crippen LogP contribution is -1.89. The zero-order chi connectivity index (χ0) is 8.81. The molecule has 0 unspecified atom stereocenters. The van der Waals surface area contributed by atoms with E-state index in [1.807, 2.05) is 0 Å². The second kappa shape index (κ2) is 4.00. The van der Waals surface area contributed by atoms with Crippen molar-refractivity contribution in [3.63, 3.8) is 0 Å². The molecule has 0 saturated carbocycles. The van der Waals surface area contributed by atoms with Gasteiger partial charge in [0.2, 0.25) is 5.88 Å². The first-order valence-electron chi connectivity index (χ1n) is 3.27. The third-order valence-corrected chi connectivity index (χ3v) is 1.22. The Kier molecular flexibility index (Phi) is 2.70. The molecule has 0 atom stereocenters. The van der Waals surface area contributed by atoms with Crippen LogP contribution in [-0.2, 0) is 0 Å². The van der Waals surface area contributed by atoms with Gasteiger partial charge in [-0.15, -0.1) is 0 Å². The third kappa shape index (κ3) is 1.74. The highest BCUT2D eigenvalue weighted by molar-refractivity contribution is 5.43. The Balaban J connectivity index is 3.07. The minimum atomic E-state index is 0.445. The van der Waals surface area contributed by atoms with Gasteiger partial charge in [-0.05, 0) is 18.1 Å². The van der Waals surface area contributed by atoms with E-state index < -0.39 is 0 Å². The predicted molar refractivity (Wildman–Crippen MR) is 43.3 cm³/mol. The fraction of sp³-hybridized carbons (Fsp3) is 0.111. The van der Waals surface area contributed by atoms with Gasteiger partial charge in [-0.1, -0.05) is 0 Å². The maximum atomic E-state index is 8.21. The van der Waals surface area contributed by atoms with Crippen molar-refractivity contribution in [2.24, 2.45) is 0 Å². The molecule has 3 heteroatoms. The Bertz CT molecular complexity index is 368. The van der Waals surface area contributed by atoms with E-state index in [0.29, 0.717) is 11.4 Å². The van der Waals surface area contributed by atoms with Crippen LogP contribution in [0.25, 0.3) is 0 Å². The second-order valence-corrected chi connectivity index (χ2v) is 1.92. The number of rotatable bonds is 1. The molecule has 0 aliphatic rings. The van der Waals surface area contributed by atoms with Crippen LogP contribution in [0.3, 0.4) is 0 Å². The molecule has 0 fully saturated rings. The maximum absolute atomic E-state index is 8.21. The van der Waals surface area contributed by atoms with E-state index in [1.165, 1.54) is 7.11 Å². The first-order valence-corrected chi connectivity index (χ1v) is 3.27. The lowest BCUT2D eigenvalue weighted by Gasteiger charge is -1.98. The van der Waals surface area contributed by atoms with E-state index in [4.69, 9.17) is 10.00 Å². The average Bonchev–Trinajstić information content (AvgIpc) is 2.15. The zero-order valence-corrected chi connectivity index (χ0v) is 6.53. The van der Waals surface area contributed by atoms with Crippen LogP contribution in [0.15, 0.2) is 18.3 Å². The van der Waals surface area contributed by atoms with Crippen molar-refractivity contribution in [2.45, 2.75) is 0 Å². The van der Waals surface area contributed by atoms with E-state index in [0.717, 1.165) is 0 Å². The summed E-state index contributed by atoms with van der Waals surface area (Å²) in [5.41, 5.74) is 0.626. The van der Waals surface area contributed by atoms with Crippen LogP contribution in [0, 0.1) is 23.2 Å². The SMILES string of the molecule is COc1ncccc1C#CC#N. The highest BCUT2D eigenvalue weighted by Crippen LogP contribution is 2.10. The Morgan fingerprint density at radius 2 is 2.42 bits per heavy atom. The lowest BCUT2D eigenvalue weighted by atomic mass is 10.3. The van der Waals surface area contributed by atoms with Gasteiger partial charge in [-0.25, -0.2) is 4.98 Å². The summed E-state index contributed by atoms with van der Waals surface area (Å²) in [6.45, 7) is 0. The molecule has 0 saturated heterocycles. The molecule has 1 rings (SSSR count). The Morgan fingerprint density at radius 3 is 3.08 bits per heavy atom. The monoisotopic (exact) mass is 158 g/mol. The number of ether oxygens (including phenoxy) is 1. The van der Waals surface area contributed by atoms with Gasteiger partial charge in [0, 0.05) is 12.1 Å². The molecule has 0 spiro atoms. The van der Waals surface area contributed by atoms with Gasteiger partial charge >= 0.3 is 0 Å². The van der Waals surface area contributed by atoms with Crippen molar-refractivity contribution in [1.29, 1.82) is 5.26 Å². The summed E-state index contributed by atoms with van der Waals surface area (Å²) in [7, 11) is 1.51. The minimum Gasteiger partial charge on any atom is -0.480 e. The molecule has 12 heavy (non-hydrogen) atoms. The second-order valence-electron chi connectivity index (χ2n) is 1.92. The van der Waals surface area contributed by atoms with E-state index in [-0.39, 0.29) is 0 Å². The summed E-state index contributed by atoms with van der Waals surface area (Å²) < 4.78 is 4.92. The van der Waals surface area contributed by atoms with Crippen LogP contribution in [-0.4, -0.2) is 12.1 Å². The summed E-state index contributed by atoms with van der Waals surface area (Å²) in [6.07, 6.45) is 1.61. The molecular formula is C9H6N2O. The number of methoxy groups -OCH3 is 1. The normalized spacial score (nSPS) is 7.67. The first kappa shape index (κ1) is 8.10. The van der Waals surface area contributed by atoms with Crippen molar-refractivity contribution >= 4 is 0 Å². The van der Waals surface area contributed by atoms with Gasteiger partial charge in [0.1, 0.15) is 0 Å². The molecule has 1 aromatic heterocycles. The van der Waals surface area contributed by atoms with Crippen LogP contribution in [0.4, 0.5) is 0 Å². The number of nitriles is 1. The average molecular weight is 158 g/mol.